The van der Waals surface area contributed by atoms with Crippen LogP contribution in [0.2, 0.25) is 0 Å². The number of aliphatic hydroxyl groups is 1. The molecule has 2 heterocycles. The Balaban J connectivity index is 2.35. The highest BCUT2D eigenvalue weighted by atomic mass is 32.1. The molecule has 1 N–H and O–H groups in total. The Hall–Kier alpha value is -0.710. The summed E-state index contributed by atoms with van der Waals surface area (Å²) in [6.45, 7) is 5.96. The third kappa shape index (κ3) is 2.12. The van der Waals surface area contributed by atoms with E-state index in [9.17, 15) is 5.11 Å². The number of hydrogen-bond donors (Lipinski definition) is 1. The van der Waals surface area contributed by atoms with E-state index in [0.29, 0.717) is 0 Å². The Morgan fingerprint density at radius 1 is 1.33 bits per heavy atom. The lowest BCUT2D eigenvalue weighted by Gasteiger charge is -2.06. The average molecular weight is 239 g/mol. The van der Waals surface area contributed by atoms with Gasteiger partial charge in [0, 0.05) is 4.88 Å². The van der Waals surface area contributed by atoms with Crippen LogP contribution in [0.1, 0.15) is 32.1 Å². The van der Waals surface area contributed by atoms with Gasteiger partial charge < -0.3 is 5.11 Å². The number of aliphatic hydroxyl groups excluding tert-OH is 1. The monoisotopic (exact) mass is 239 g/mol. The Bertz CT molecular complexity index is 473. The highest BCUT2D eigenvalue weighted by Gasteiger charge is 2.17. The summed E-state index contributed by atoms with van der Waals surface area (Å²) < 4.78 is 0. The normalized spacial score (nSPS) is 13.1. The van der Waals surface area contributed by atoms with Crippen LogP contribution in [0, 0.1) is 20.8 Å². The molecule has 0 aromatic carbocycles. The Labute approximate surface area is 97.2 Å². The van der Waals surface area contributed by atoms with Crippen LogP contribution in [0.5, 0.6) is 0 Å². The maximum atomic E-state index is 10.2. The zero-order valence-corrected chi connectivity index (χ0v) is 10.6. The van der Waals surface area contributed by atoms with E-state index in [0.717, 1.165) is 21.1 Å². The summed E-state index contributed by atoms with van der Waals surface area (Å²) in [5.41, 5.74) is 1.91. The Morgan fingerprint density at radius 2 is 2.07 bits per heavy atom. The van der Waals surface area contributed by atoms with Crippen LogP contribution in [-0.2, 0) is 0 Å². The predicted octanol–water partition coefficient (Wildman–Crippen LogP) is 3.21. The minimum atomic E-state index is -0.513. The molecular formula is C11H13NOS2. The van der Waals surface area contributed by atoms with E-state index in [4.69, 9.17) is 0 Å². The van der Waals surface area contributed by atoms with Crippen molar-refractivity contribution in [2.45, 2.75) is 26.9 Å². The van der Waals surface area contributed by atoms with Crippen molar-refractivity contribution in [2.24, 2.45) is 0 Å². The van der Waals surface area contributed by atoms with Gasteiger partial charge in [-0.15, -0.1) is 22.7 Å². The minimum Gasteiger partial charge on any atom is -0.383 e. The van der Waals surface area contributed by atoms with Gasteiger partial charge in [-0.2, -0.15) is 0 Å². The molecule has 4 heteroatoms. The van der Waals surface area contributed by atoms with Crippen molar-refractivity contribution < 1.29 is 5.11 Å². The van der Waals surface area contributed by atoms with E-state index >= 15 is 0 Å². The van der Waals surface area contributed by atoms with Crippen molar-refractivity contribution in [3.63, 3.8) is 0 Å². The summed E-state index contributed by atoms with van der Waals surface area (Å²) >= 11 is 3.23. The molecule has 0 radical (unpaired) electrons. The van der Waals surface area contributed by atoms with Gasteiger partial charge in [-0.3, -0.25) is 0 Å². The molecule has 0 amide bonds. The second-order valence-corrected chi connectivity index (χ2v) is 5.93. The molecule has 80 valence electrons. The van der Waals surface area contributed by atoms with E-state index in [1.54, 1.807) is 22.7 Å². The summed E-state index contributed by atoms with van der Waals surface area (Å²) in [5.74, 6) is 0. The molecule has 2 aromatic heterocycles. The lowest BCUT2D eigenvalue weighted by molar-refractivity contribution is 0.223. The first kappa shape index (κ1) is 10.8. The molecule has 0 saturated heterocycles. The first-order chi connectivity index (χ1) is 7.08. The van der Waals surface area contributed by atoms with Gasteiger partial charge in [-0.1, -0.05) is 0 Å². The fraction of sp³-hybridized carbons (Fsp3) is 0.364. The van der Waals surface area contributed by atoms with Crippen molar-refractivity contribution in [1.82, 2.24) is 4.98 Å². The molecule has 0 aliphatic rings. The van der Waals surface area contributed by atoms with Crippen molar-refractivity contribution in [3.05, 3.63) is 37.5 Å². The van der Waals surface area contributed by atoms with Crippen LogP contribution >= 0.6 is 22.7 Å². The highest BCUT2D eigenvalue weighted by molar-refractivity contribution is 7.12. The van der Waals surface area contributed by atoms with Gasteiger partial charge in [-0.25, -0.2) is 4.98 Å². The first-order valence-electron chi connectivity index (χ1n) is 4.75. The molecule has 2 nitrogen and oxygen atoms in total. The van der Waals surface area contributed by atoms with Crippen molar-refractivity contribution in [1.29, 1.82) is 0 Å². The van der Waals surface area contributed by atoms with Crippen LogP contribution in [0.25, 0.3) is 0 Å². The van der Waals surface area contributed by atoms with Crippen LogP contribution in [0.4, 0.5) is 0 Å². The third-order valence-corrected chi connectivity index (χ3v) is 4.26. The lowest BCUT2D eigenvalue weighted by atomic mass is 10.1. The van der Waals surface area contributed by atoms with Gasteiger partial charge in [0.2, 0.25) is 0 Å². The summed E-state index contributed by atoms with van der Waals surface area (Å²) in [4.78, 5) is 6.51. The SMILES string of the molecule is Cc1cc(C(O)c2sc(C)nc2C)cs1. The van der Waals surface area contributed by atoms with Gasteiger partial charge >= 0.3 is 0 Å². The fourth-order valence-corrected chi connectivity index (χ4v) is 3.22. The second kappa shape index (κ2) is 4.04. The summed E-state index contributed by atoms with van der Waals surface area (Å²) in [5, 5.41) is 13.2. The molecule has 15 heavy (non-hydrogen) atoms. The van der Waals surface area contributed by atoms with Gasteiger partial charge in [0.15, 0.2) is 0 Å². The minimum absolute atomic E-state index is 0.513. The maximum absolute atomic E-state index is 10.2. The third-order valence-electron chi connectivity index (χ3n) is 2.25. The topological polar surface area (TPSA) is 33.1 Å². The van der Waals surface area contributed by atoms with E-state index in [1.165, 1.54) is 4.88 Å². The van der Waals surface area contributed by atoms with Crippen molar-refractivity contribution >= 4 is 22.7 Å². The number of aromatic nitrogens is 1. The largest absolute Gasteiger partial charge is 0.383 e. The van der Waals surface area contributed by atoms with Gasteiger partial charge in [0.1, 0.15) is 6.10 Å². The summed E-state index contributed by atoms with van der Waals surface area (Å²) in [6, 6.07) is 2.03. The molecule has 0 spiro atoms. The molecule has 0 bridgehead atoms. The van der Waals surface area contributed by atoms with Crippen LogP contribution in [-0.4, -0.2) is 10.1 Å². The average Bonchev–Trinajstić information content (AvgIpc) is 2.71. The number of hydrogen-bond acceptors (Lipinski definition) is 4. The molecule has 0 aliphatic heterocycles. The Kier molecular flexibility index (Phi) is 2.91. The highest BCUT2D eigenvalue weighted by Crippen LogP contribution is 2.31. The molecule has 0 fully saturated rings. The van der Waals surface area contributed by atoms with E-state index < -0.39 is 6.10 Å². The standard InChI is InChI=1S/C11H13NOS2/c1-6-4-9(5-14-6)10(13)11-7(2)12-8(3)15-11/h4-5,10,13H,1-3H3. The van der Waals surface area contributed by atoms with Crippen molar-refractivity contribution in [3.8, 4) is 0 Å². The molecule has 2 rings (SSSR count). The van der Waals surface area contributed by atoms with Gasteiger partial charge in [0.25, 0.3) is 0 Å². The quantitative estimate of drug-likeness (QED) is 0.873. The van der Waals surface area contributed by atoms with Gasteiger partial charge in [0.05, 0.1) is 15.6 Å². The molecule has 1 atom stereocenters. The van der Waals surface area contributed by atoms with Crippen LogP contribution < -0.4 is 0 Å². The number of aryl methyl sites for hydroxylation is 3. The fourth-order valence-electron chi connectivity index (χ4n) is 1.56. The predicted molar refractivity (Wildman–Crippen MR) is 64.7 cm³/mol. The van der Waals surface area contributed by atoms with E-state index in [1.807, 2.05) is 32.2 Å². The van der Waals surface area contributed by atoms with E-state index in [-0.39, 0.29) is 0 Å². The summed E-state index contributed by atoms with van der Waals surface area (Å²) in [6.07, 6.45) is -0.513. The number of thiophene rings is 1. The molecule has 0 aliphatic carbocycles. The second-order valence-electron chi connectivity index (χ2n) is 3.58. The smallest absolute Gasteiger partial charge is 0.116 e. The molecular weight excluding hydrogens is 226 g/mol. The first-order valence-corrected chi connectivity index (χ1v) is 6.44. The van der Waals surface area contributed by atoms with Crippen LogP contribution in [0.15, 0.2) is 11.4 Å². The molecule has 2 aromatic rings. The van der Waals surface area contributed by atoms with Crippen LogP contribution in [0.3, 0.4) is 0 Å². The maximum Gasteiger partial charge on any atom is 0.116 e. The zero-order chi connectivity index (χ0) is 11.0. The van der Waals surface area contributed by atoms with Crippen molar-refractivity contribution in [2.75, 3.05) is 0 Å². The van der Waals surface area contributed by atoms with Gasteiger partial charge in [-0.05, 0) is 37.8 Å². The number of nitrogens with zero attached hydrogens (tertiary/aromatic N) is 1. The van der Waals surface area contributed by atoms with E-state index in [2.05, 4.69) is 4.98 Å². The molecule has 0 saturated carbocycles. The Morgan fingerprint density at radius 3 is 2.53 bits per heavy atom. The summed E-state index contributed by atoms with van der Waals surface area (Å²) in [7, 11) is 0. The number of rotatable bonds is 2. The lowest BCUT2D eigenvalue weighted by Crippen LogP contribution is -1.97. The zero-order valence-electron chi connectivity index (χ0n) is 8.94. The number of thiazole rings is 1. The molecule has 1 unspecified atom stereocenters.